The van der Waals surface area contributed by atoms with E-state index in [1.54, 1.807) is 0 Å². The minimum absolute atomic E-state index is 0.00495. The van der Waals surface area contributed by atoms with Gasteiger partial charge in [0.05, 0.1) is 11.3 Å². The smallest absolute Gasteiger partial charge is 0.337 e. The van der Waals surface area contributed by atoms with Gasteiger partial charge in [0, 0.05) is 11.9 Å². The van der Waals surface area contributed by atoms with Crippen molar-refractivity contribution >= 4 is 33.1 Å². The Balaban J connectivity index is 2.98. The second-order valence-corrected chi connectivity index (χ2v) is 5.87. The maximum Gasteiger partial charge on any atom is 0.337 e. The van der Waals surface area contributed by atoms with Crippen LogP contribution in [-0.4, -0.2) is 37.4 Å². The molecule has 8 heteroatoms. The van der Waals surface area contributed by atoms with Crippen molar-refractivity contribution < 1.29 is 23.1 Å². The van der Waals surface area contributed by atoms with Gasteiger partial charge in [0.1, 0.15) is 5.75 Å². The normalized spacial score (nSPS) is 10.9. The van der Waals surface area contributed by atoms with Crippen LogP contribution in [0, 0.1) is 0 Å². The first-order valence-electron chi connectivity index (χ1n) is 4.79. The molecule has 1 aromatic carbocycles. The Morgan fingerprint density at radius 1 is 1.39 bits per heavy atom. The molecule has 0 saturated heterocycles. The molecule has 0 heterocycles. The molecule has 0 spiro atoms. The molecule has 7 nitrogen and oxygen atoms in total. The van der Waals surface area contributed by atoms with E-state index < -0.39 is 27.5 Å². The monoisotopic (exact) mass is 272 g/mol. The number of benzene rings is 1. The van der Waals surface area contributed by atoms with E-state index in [2.05, 4.69) is 5.32 Å². The summed E-state index contributed by atoms with van der Waals surface area (Å²) in [5.74, 6) is -2.78. The summed E-state index contributed by atoms with van der Waals surface area (Å²) in [6.45, 7) is 0. The molecule has 0 aliphatic rings. The van der Waals surface area contributed by atoms with Crippen molar-refractivity contribution in [1.29, 1.82) is 0 Å². The van der Waals surface area contributed by atoms with Gasteiger partial charge in [0.15, 0.2) is 9.84 Å². The molecular weight excluding hydrogens is 260 g/mol. The Morgan fingerprint density at radius 2 is 2.00 bits per heavy atom. The summed E-state index contributed by atoms with van der Waals surface area (Å²) in [7, 11) is -3.47. The van der Waals surface area contributed by atoms with Crippen LogP contribution in [0.15, 0.2) is 18.2 Å². The maximum absolute atomic E-state index is 11.4. The minimum Gasteiger partial charge on any atom is -0.478 e. The van der Waals surface area contributed by atoms with Crippen LogP contribution in [0.4, 0.5) is 11.4 Å². The number of nitrogen functional groups attached to an aromatic ring is 1. The molecule has 1 amide bonds. The second-order valence-electron chi connectivity index (χ2n) is 3.73. The maximum atomic E-state index is 11.4. The van der Waals surface area contributed by atoms with E-state index in [0.29, 0.717) is 0 Å². The first-order valence-corrected chi connectivity index (χ1v) is 6.85. The molecule has 0 atom stereocenters. The lowest BCUT2D eigenvalue weighted by atomic mass is 10.1. The molecule has 1 aromatic rings. The zero-order chi connectivity index (χ0) is 13.9. The standard InChI is InChI=1S/C10H12N2O5S/c1-18(16,17)5-9(13)12-8-3-2-6(11)4-7(8)10(14)15/h2-4H,5,11H2,1H3,(H,12,13)(H,14,15). The first kappa shape index (κ1) is 14.0. The topological polar surface area (TPSA) is 127 Å². The van der Waals surface area contributed by atoms with Crippen LogP contribution in [0.5, 0.6) is 0 Å². The molecule has 0 radical (unpaired) electrons. The van der Waals surface area contributed by atoms with E-state index >= 15 is 0 Å². The molecule has 0 aliphatic heterocycles. The molecular formula is C10H12N2O5S. The summed E-state index contributed by atoms with van der Waals surface area (Å²) >= 11 is 0. The largest absolute Gasteiger partial charge is 0.478 e. The number of hydrogen-bond acceptors (Lipinski definition) is 5. The van der Waals surface area contributed by atoms with Crippen molar-refractivity contribution in [2.45, 2.75) is 0 Å². The van der Waals surface area contributed by atoms with Gasteiger partial charge < -0.3 is 16.2 Å². The molecule has 98 valence electrons. The minimum atomic E-state index is -3.47. The van der Waals surface area contributed by atoms with Crippen molar-refractivity contribution in [3.63, 3.8) is 0 Å². The Hall–Kier alpha value is -2.09. The van der Waals surface area contributed by atoms with Crippen molar-refractivity contribution in [3.05, 3.63) is 23.8 Å². The van der Waals surface area contributed by atoms with E-state index in [9.17, 15) is 18.0 Å². The van der Waals surface area contributed by atoms with Gasteiger partial charge in [0.25, 0.3) is 0 Å². The van der Waals surface area contributed by atoms with Gasteiger partial charge in [-0.1, -0.05) is 0 Å². The van der Waals surface area contributed by atoms with Crippen LogP contribution in [0.2, 0.25) is 0 Å². The molecule has 4 N–H and O–H groups in total. The summed E-state index contributed by atoms with van der Waals surface area (Å²) in [5, 5.41) is 11.1. The van der Waals surface area contributed by atoms with Gasteiger partial charge in [-0.3, -0.25) is 4.79 Å². The van der Waals surface area contributed by atoms with Crippen LogP contribution in [0.1, 0.15) is 10.4 Å². The molecule has 0 fully saturated rings. The molecule has 0 bridgehead atoms. The average Bonchev–Trinajstić information content (AvgIpc) is 2.17. The Bertz CT molecular complexity index is 594. The first-order chi connectivity index (χ1) is 8.19. The highest BCUT2D eigenvalue weighted by atomic mass is 32.2. The Kier molecular flexibility index (Phi) is 3.92. The number of anilines is 2. The lowest BCUT2D eigenvalue weighted by molar-refractivity contribution is -0.113. The Morgan fingerprint density at radius 3 is 2.50 bits per heavy atom. The van der Waals surface area contributed by atoms with Crippen molar-refractivity contribution in [2.75, 3.05) is 23.1 Å². The van der Waals surface area contributed by atoms with E-state index in [1.807, 2.05) is 0 Å². The van der Waals surface area contributed by atoms with Gasteiger partial charge in [-0.2, -0.15) is 0 Å². The number of aromatic carboxylic acids is 1. The van der Waals surface area contributed by atoms with Gasteiger partial charge in [-0.25, -0.2) is 13.2 Å². The number of carboxylic acid groups (broad SMARTS) is 1. The molecule has 18 heavy (non-hydrogen) atoms. The highest BCUT2D eigenvalue weighted by Crippen LogP contribution is 2.18. The van der Waals surface area contributed by atoms with Crippen molar-refractivity contribution in [3.8, 4) is 0 Å². The highest BCUT2D eigenvalue weighted by molar-refractivity contribution is 7.91. The summed E-state index contributed by atoms with van der Waals surface area (Å²) in [5.41, 5.74) is 5.46. The zero-order valence-corrected chi connectivity index (χ0v) is 10.3. The third-order valence-corrected chi connectivity index (χ3v) is 2.73. The van der Waals surface area contributed by atoms with Crippen molar-refractivity contribution in [2.24, 2.45) is 0 Å². The third-order valence-electron chi connectivity index (χ3n) is 1.94. The lowest BCUT2D eigenvalue weighted by Crippen LogP contribution is -2.23. The number of sulfone groups is 1. The summed E-state index contributed by atoms with van der Waals surface area (Å²) in [6.07, 6.45) is 0.910. The van der Waals surface area contributed by atoms with Crippen LogP contribution in [-0.2, 0) is 14.6 Å². The van der Waals surface area contributed by atoms with E-state index in [0.717, 1.165) is 6.26 Å². The second kappa shape index (κ2) is 5.05. The third kappa shape index (κ3) is 4.06. The fourth-order valence-corrected chi connectivity index (χ4v) is 1.82. The highest BCUT2D eigenvalue weighted by Gasteiger charge is 2.15. The quantitative estimate of drug-likeness (QED) is 0.659. The van der Waals surface area contributed by atoms with Crippen LogP contribution in [0.25, 0.3) is 0 Å². The van der Waals surface area contributed by atoms with E-state index in [4.69, 9.17) is 10.8 Å². The summed E-state index contributed by atoms with van der Waals surface area (Å²) in [6, 6.07) is 3.89. The predicted molar refractivity (Wildman–Crippen MR) is 66.2 cm³/mol. The number of carboxylic acids is 1. The molecule has 0 aromatic heterocycles. The molecule has 1 rings (SSSR count). The van der Waals surface area contributed by atoms with Gasteiger partial charge in [-0.15, -0.1) is 0 Å². The van der Waals surface area contributed by atoms with E-state index in [1.165, 1.54) is 18.2 Å². The fourth-order valence-electron chi connectivity index (χ4n) is 1.27. The van der Waals surface area contributed by atoms with Gasteiger partial charge >= 0.3 is 5.97 Å². The van der Waals surface area contributed by atoms with Crippen LogP contribution < -0.4 is 11.1 Å². The molecule has 0 saturated carbocycles. The number of hydrogen-bond donors (Lipinski definition) is 3. The number of rotatable bonds is 4. The zero-order valence-electron chi connectivity index (χ0n) is 9.50. The number of nitrogens with one attached hydrogen (secondary N) is 1. The summed E-state index contributed by atoms with van der Waals surface area (Å²) < 4.78 is 21.8. The fraction of sp³-hybridized carbons (Fsp3) is 0.200. The van der Waals surface area contributed by atoms with Crippen molar-refractivity contribution in [1.82, 2.24) is 0 Å². The molecule has 0 aliphatic carbocycles. The SMILES string of the molecule is CS(=O)(=O)CC(=O)Nc1ccc(N)cc1C(=O)O. The lowest BCUT2D eigenvalue weighted by Gasteiger charge is -2.08. The summed E-state index contributed by atoms with van der Waals surface area (Å²) in [4.78, 5) is 22.3. The number of carbonyl (C=O) groups excluding carboxylic acids is 1. The molecule has 0 unspecified atom stereocenters. The van der Waals surface area contributed by atoms with Gasteiger partial charge in [0.2, 0.25) is 5.91 Å². The predicted octanol–water partition coefficient (Wildman–Crippen LogP) is -0.0499. The van der Waals surface area contributed by atoms with E-state index in [-0.39, 0.29) is 16.9 Å². The van der Waals surface area contributed by atoms with Gasteiger partial charge in [-0.05, 0) is 18.2 Å². The Labute approximate surface area is 104 Å². The number of carbonyl (C=O) groups is 2. The van der Waals surface area contributed by atoms with Crippen LogP contribution in [0.3, 0.4) is 0 Å². The number of amides is 1. The average molecular weight is 272 g/mol. The number of nitrogens with two attached hydrogens (primary N) is 1. The van der Waals surface area contributed by atoms with Crippen LogP contribution >= 0.6 is 0 Å².